The minimum atomic E-state index is -1.36. The number of halogens is 2. The molecule has 0 saturated carbocycles. The van der Waals surface area contributed by atoms with Crippen molar-refractivity contribution in [3.05, 3.63) is 80.8 Å². The molecule has 2 aliphatic heterocycles. The van der Waals surface area contributed by atoms with Crippen LogP contribution >= 0.6 is 23.2 Å². The van der Waals surface area contributed by atoms with E-state index in [1.54, 1.807) is 36.4 Å². The Kier molecular flexibility index (Phi) is 3.21. The molecule has 2 N–H and O–H groups in total. The second-order valence-corrected chi connectivity index (χ2v) is 7.02. The van der Waals surface area contributed by atoms with Crippen molar-refractivity contribution in [3.63, 3.8) is 0 Å². The minimum Gasteiger partial charge on any atom is -0.506 e. The van der Waals surface area contributed by atoms with E-state index >= 15 is 0 Å². The van der Waals surface area contributed by atoms with Crippen molar-refractivity contribution >= 4 is 29.2 Å². The van der Waals surface area contributed by atoms with Gasteiger partial charge in [-0.2, -0.15) is 0 Å². The third-order valence-corrected chi connectivity index (χ3v) is 5.62. The molecule has 5 nitrogen and oxygen atoms in total. The Morgan fingerprint density at radius 3 is 1.93 bits per heavy atom. The van der Waals surface area contributed by atoms with Gasteiger partial charge in [-0.3, -0.25) is 0 Å². The van der Waals surface area contributed by atoms with Crippen LogP contribution in [-0.2, 0) is 10.3 Å². The molecule has 0 saturated heterocycles. The van der Waals surface area contributed by atoms with Gasteiger partial charge in [-0.25, -0.2) is 4.79 Å². The first-order valence-corrected chi connectivity index (χ1v) is 8.75. The molecule has 5 rings (SSSR count). The van der Waals surface area contributed by atoms with E-state index in [0.29, 0.717) is 22.3 Å². The number of aromatic hydroxyl groups is 2. The first-order valence-electron chi connectivity index (χ1n) is 7.99. The van der Waals surface area contributed by atoms with Gasteiger partial charge in [0.2, 0.25) is 0 Å². The Bertz CT molecular complexity index is 1100. The van der Waals surface area contributed by atoms with Gasteiger partial charge < -0.3 is 19.7 Å². The van der Waals surface area contributed by atoms with Gasteiger partial charge in [0.15, 0.2) is 17.1 Å². The van der Waals surface area contributed by atoms with Crippen LogP contribution in [0.4, 0.5) is 0 Å². The van der Waals surface area contributed by atoms with E-state index in [1.807, 2.05) is 0 Å². The number of esters is 1. The lowest BCUT2D eigenvalue weighted by Gasteiger charge is -2.37. The lowest BCUT2D eigenvalue weighted by molar-refractivity contribution is 0.0224. The van der Waals surface area contributed by atoms with E-state index in [4.69, 9.17) is 32.7 Å². The van der Waals surface area contributed by atoms with Crippen LogP contribution in [0.5, 0.6) is 23.0 Å². The minimum absolute atomic E-state index is 0.0441. The molecular formula is C20H10Cl2O5. The third kappa shape index (κ3) is 1.93. The highest BCUT2D eigenvalue weighted by Crippen LogP contribution is 2.60. The average Bonchev–Trinajstić information content (AvgIpc) is 2.96. The van der Waals surface area contributed by atoms with Gasteiger partial charge >= 0.3 is 5.97 Å². The maximum Gasteiger partial charge on any atom is 0.340 e. The van der Waals surface area contributed by atoms with Gasteiger partial charge in [0.05, 0.1) is 5.56 Å². The highest BCUT2D eigenvalue weighted by Gasteiger charge is 2.54. The van der Waals surface area contributed by atoms with E-state index in [-0.39, 0.29) is 33.0 Å². The molecule has 0 radical (unpaired) electrons. The zero-order valence-electron chi connectivity index (χ0n) is 13.5. The lowest BCUT2D eigenvalue weighted by atomic mass is 9.77. The summed E-state index contributed by atoms with van der Waals surface area (Å²) in [7, 11) is 0. The van der Waals surface area contributed by atoms with Gasteiger partial charge in [0.25, 0.3) is 0 Å². The number of hydrogen-bond donors (Lipinski definition) is 2. The largest absolute Gasteiger partial charge is 0.506 e. The van der Waals surface area contributed by atoms with Crippen molar-refractivity contribution in [1.29, 1.82) is 0 Å². The molecular weight excluding hydrogens is 391 g/mol. The summed E-state index contributed by atoms with van der Waals surface area (Å²) in [5.74, 6) is -0.661. The van der Waals surface area contributed by atoms with Crippen molar-refractivity contribution in [2.75, 3.05) is 0 Å². The molecule has 27 heavy (non-hydrogen) atoms. The van der Waals surface area contributed by atoms with Gasteiger partial charge in [0.1, 0.15) is 21.5 Å². The summed E-state index contributed by atoms with van der Waals surface area (Å²) in [6, 6.07) is 13.0. The Balaban J connectivity index is 1.96. The summed E-state index contributed by atoms with van der Waals surface area (Å²) < 4.78 is 11.8. The predicted octanol–water partition coefficient (Wildman–Crippen LogP) is 4.97. The van der Waals surface area contributed by atoms with Crippen LogP contribution in [0, 0.1) is 0 Å². The second kappa shape index (κ2) is 5.31. The maximum absolute atomic E-state index is 12.6. The molecule has 0 atom stereocenters. The standard InChI is InChI=1S/C20H10Cl2O5/c21-15-13(23)7-5-11-17(15)26-18-12(6-8-14(24)16(18)22)20(11)10-4-2-1-3-9(10)19(25)27-20/h1-8,23-24H. The van der Waals surface area contributed by atoms with Crippen molar-refractivity contribution in [3.8, 4) is 23.0 Å². The molecule has 0 fully saturated rings. The average molecular weight is 401 g/mol. The number of rotatable bonds is 0. The third-order valence-electron chi connectivity index (χ3n) is 4.89. The summed E-state index contributed by atoms with van der Waals surface area (Å²) in [5.41, 5.74) is 0.565. The number of phenols is 2. The first kappa shape index (κ1) is 16.3. The molecule has 3 aromatic rings. The van der Waals surface area contributed by atoms with E-state index in [2.05, 4.69) is 0 Å². The van der Waals surface area contributed by atoms with Gasteiger partial charge in [0, 0.05) is 16.7 Å². The molecule has 2 heterocycles. The van der Waals surface area contributed by atoms with Crippen molar-refractivity contribution in [1.82, 2.24) is 0 Å². The van der Waals surface area contributed by atoms with Crippen LogP contribution in [0.15, 0.2) is 48.5 Å². The Morgan fingerprint density at radius 1 is 0.778 bits per heavy atom. The van der Waals surface area contributed by atoms with Crippen molar-refractivity contribution < 1.29 is 24.5 Å². The number of fused-ring (bicyclic) bond motifs is 6. The molecule has 2 aliphatic rings. The fourth-order valence-corrected chi connectivity index (χ4v) is 4.12. The normalized spacial score (nSPS) is 15.6. The van der Waals surface area contributed by atoms with Gasteiger partial charge in [-0.05, 0) is 30.3 Å². The molecule has 0 aliphatic carbocycles. The van der Waals surface area contributed by atoms with E-state index < -0.39 is 11.6 Å². The van der Waals surface area contributed by atoms with E-state index in [9.17, 15) is 15.0 Å². The molecule has 134 valence electrons. The molecule has 1 spiro atoms. The first-order chi connectivity index (χ1) is 12.9. The number of hydrogen-bond acceptors (Lipinski definition) is 5. The molecule has 0 unspecified atom stereocenters. The summed E-state index contributed by atoms with van der Waals surface area (Å²) >= 11 is 12.5. The number of carbonyl (C=O) groups is 1. The Labute approximate surface area is 163 Å². The summed E-state index contributed by atoms with van der Waals surface area (Å²) in [5, 5.41) is 20.0. The van der Waals surface area contributed by atoms with Crippen LogP contribution in [-0.4, -0.2) is 16.2 Å². The second-order valence-electron chi connectivity index (χ2n) is 6.27. The Morgan fingerprint density at radius 2 is 1.33 bits per heavy atom. The summed E-state index contributed by atoms with van der Waals surface area (Å²) in [4.78, 5) is 12.6. The van der Waals surface area contributed by atoms with Crippen LogP contribution < -0.4 is 4.74 Å². The topological polar surface area (TPSA) is 76.0 Å². The summed E-state index contributed by atoms with van der Waals surface area (Å²) in [6.45, 7) is 0. The lowest BCUT2D eigenvalue weighted by Crippen LogP contribution is -2.33. The monoisotopic (exact) mass is 400 g/mol. The predicted molar refractivity (Wildman–Crippen MR) is 98.0 cm³/mol. The number of carbonyl (C=O) groups excluding carboxylic acids is 1. The fourth-order valence-electron chi connectivity index (χ4n) is 3.71. The number of ether oxygens (including phenoxy) is 2. The van der Waals surface area contributed by atoms with Crippen LogP contribution in [0.2, 0.25) is 10.0 Å². The van der Waals surface area contributed by atoms with Gasteiger partial charge in [-0.1, -0.05) is 41.4 Å². The molecule has 7 heteroatoms. The summed E-state index contributed by atoms with van der Waals surface area (Å²) in [6.07, 6.45) is 0. The Hall–Kier alpha value is -2.89. The smallest absolute Gasteiger partial charge is 0.340 e. The SMILES string of the molecule is O=C1OC2(c3ccccc31)c1ccc(O)c(Cl)c1Oc1c2ccc(O)c1Cl. The van der Waals surface area contributed by atoms with Crippen molar-refractivity contribution in [2.24, 2.45) is 0 Å². The quantitative estimate of drug-likeness (QED) is 0.520. The van der Waals surface area contributed by atoms with Gasteiger partial charge in [-0.15, -0.1) is 0 Å². The molecule has 3 aromatic carbocycles. The highest BCUT2D eigenvalue weighted by molar-refractivity contribution is 6.34. The maximum atomic E-state index is 12.6. The van der Waals surface area contributed by atoms with Crippen molar-refractivity contribution in [2.45, 2.75) is 5.60 Å². The zero-order valence-corrected chi connectivity index (χ0v) is 15.0. The fraction of sp³-hybridized carbons (Fsp3) is 0.0500. The van der Waals surface area contributed by atoms with Crippen LogP contribution in [0.1, 0.15) is 27.0 Å². The number of phenolic OH excluding ortho intramolecular Hbond substituents is 2. The van der Waals surface area contributed by atoms with E-state index in [1.165, 1.54) is 12.1 Å². The molecule has 0 bridgehead atoms. The van der Waals surface area contributed by atoms with E-state index in [0.717, 1.165) is 0 Å². The van der Waals surface area contributed by atoms with Crippen LogP contribution in [0.25, 0.3) is 0 Å². The number of benzene rings is 3. The molecule has 0 aromatic heterocycles. The highest BCUT2D eigenvalue weighted by atomic mass is 35.5. The molecule has 0 amide bonds. The zero-order chi connectivity index (χ0) is 18.9. The van der Waals surface area contributed by atoms with Crippen LogP contribution in [0.3, 0.4) is 0 Å².